The van der Waals surface area contributed by atoms with Crippen LogP contribution in [0.25, 0.3) is 5.57 Å². The van der Waals surface area contributed by atoms with Crippen LogP contribution in [-0.4, -0.2) is 7.11 Å². The van der Waals surface area contributed by atoms with Crippen LogP contribution in [0, 0.1) is 6.92 Å². The van der Waals surface area contributed by atoms with Crippen LogP contribution < -0.4 is 4.74 Å². The Morgan fingerprint density at radius 2 is 2.14 bits per heavy atom. The van der Waals surface area contributed by atoms with E-state index in [-0.39, 0.29) is 0 Å². The summed E-state index contributed by atoms with van der Waals surface area (Å²) in [6.45, 7) is 2.12. The van der Waals surface area contributed by atoms with Crippen LogP contribution in [0.5, 0.6) is 5.75 Å². The van der Waals surface area contributed by atoms with Crippen molar-refractivity contribution in [2.75, 3.05) is 7.11 Å². The Kier molecular flexibility index (Phi) is 2.58. The standard InChI is InChI=1S/C13H16O/c1-10-7-8-13(14-2)12(9-10)11-5-3-4-6-11/h5,7-9H,3-4,6H2,1-2H3. The van der Waals surface area contributed by atoms with Crippen molar-refractivity contribution in [2.24, 2.45) is 0 Å². The summed E-state index contributed by atoms with van der Waals surface area (Å²) >= 11 is 0. The van der Waals surface area contributed by atoms with Gasteiger partial charge in [-0.1, -0.05) is 17.7 Å². The summed E-state index contributed by atoms with van der Waals surface area (Å²) in [5.74, 6) is 1.00. The molecule has 0 saturated carbocycles. The Bertz CT molecular complexity index is 363. The van der Waals surface area contributed by atoms with Gasteiger partial charge in [0.25, 0.3) is 0 Å². The maximum Gasteiger partial charge on any atom is 0.126 e. The monoisotopic (exact) mass is 188 g/mol. The van der Waals surface area contributed by atoms with Gasteiger partial charge in [0.05, 0.1) is 7.11 Å². The fourth-order valence-corrected chi connectivity index (χ4v) is 1.99. The SMILES string of the molecule is COc1ccc(C)cc1C1=CCCC1. The van der Waals surface area contributed by atoms with E-state index in [1.807, 2.05) is 0 Å². The van der Waals surface area contributed by atoms with Crippen molar-refractivity contribution >= 4 is 5.57 Å². The topological polar surface area (TPSA) is 9.23 Å². The molecule has 0 bridgehead atoms. The zero-order valence-electron chi connectivity index (χ0n) is 8.84. The van der Waals surface area contributed by atoms with E-state index in [0.29, 0.717) is 0 Å². The molecule has 0 aliphatic heterocycles. The summed E-state index contributed by atoms with van der Waals surface area (Å²) in [7, 11) is 1.74. The highest BCUT2D eigenvalue weighted by molar-refractivity contribution is 5.72. The molecule has 14 heavy (non-hydrogen) atoms. The molecule has 0 unspecified atom stereocenters. The molecule has 0 heterocycles. The lowest BCUT2D eigenvalue weighted by Gasteiger charge is -2.10. The van der Waals surface area contributed by atoms with Gasteiger partial charge in [-0.3, -0.25) is 0 Å². The summed E-state index contributed by atoms with van der Waals surface area (Å²) in [6, 6.07) is 6.37. The van der Waals surface area contributed by atoms with Crippen molar-refractivity contribution in [3.8, 4) is 5.75 Å². The van der Waals surface area contributed by atoms with Gasteiger partial charge in [0, 0.05) is 5.56 Å². The zero-order valence-corrected chi connectivity index (χ0v) is 8.84. The number of rotatable bonds is 2. The van der Waals surface area contributed by atoms with Gasteiger partial charge in [-0.05, 0) is 43.9 Å². The number of allylic oxidation sites excluding steroid dienone is 2. The minimum Gasteiger partial charge on any atom is -0.496 e. The summed E-state index contributed by atoms with van der Waals surface area (Å²) in [5.41, 5.74) is 4.03. The van der Waals surface area contributed by atoms with Crippen LogP contribution in [0.15, 0.2) is 24.3 Å². The molecule has 0 atom stereocenters. The van der Waals surface area contributed by atoms with Crippen LogP contribution in [0.1, 0.15) is 30.4 Å². The number of hydrogen-bond donors (Lipinski definition) is 0. The third-order valence-corrected chi connectivity index (χ3v) is 2.74. The second-order valence-corrected chi connectivity index (χ2v) is 3.83. The minimum atomic E-state index is 1.00. The van der Waals surface area contributed by atoms with Crippen molar-refractivity contribution in [1.82, 2.24) is 0 Å². The maximum atomic E-state index is 5.37. The van der Waals surface area contributed by atoms with Crippen LogP contribution in [-0.2, 0) is 0 Å². The molecule has 0 N–H and O–H groups in total. The van der Waals surface area contributed by atoms with Crippen LogP contribution in [0.3, 0.4) is 0 Å². The average molecular weight is 188 g/mol. The van der Waals surface area contributed by atoms with Crippen LogP contribution in [0.4, 0.5) is 0 Å². The molecule has 0 radical (unpaired) electrons. The highest BCUT2D eigenvalue weighted by Gasteiger charge is 2.11. The molecule has 0 aromatic heterocycles. The first-order valence-corrected chi connectivity index (χ1v) is 5.15. The second-order valence-electron chi connectivity index (χ2n) is 3.83. The molecule has 2 rings (SSSR count). The minimum absolute atomic E-state index is 1.00. The molecule has 0 fully saturated rings. The third-order valence-electron chi connectivity index (χ3n) is 2.74. The number of benzene rings is 1. The van der Waals surface area contributed by atoms with Crippen molar-refractivity contribution in [2.45, 2.75) is 26.2 Å². The Morgan fingerprint density at radius 1 is 1.29 bits per heavy atom. The Hall–Kier alpha value is -1.24. The lowest BCUT2D eigenvalue weighted by Crippen LogP contribution is -1.91. The number of hydrogen-bond acceptors (Lipinski definition) is 1. The molecule has 74 valence electrons. The van der Waals surface area contributed by atoms with E-state index in [0.717, 1.165) is 5.75 Å². The number of methoxy groups -OCH3 is 1. The van der Waals surface area contributed by atoms with E-state index in [1.165, 1.54) is 36.0 Å². The summed E-state index contributed by atoms with van der Waals surface area (Å²) in [5, 5.41) is 0. The first-order chi connectivity index (χ1) is 6.81. The largest absolute Gasteiger partial charge is 0.496 e. The first kappa shape index (κ1) is 9.32. The fraction of sp³-hybridized carbons (Fsp3) is 0.385. The molecule has 1 aliphatic carbocycles. The summed E-state index contributed by atoms with van der Waals surface area (Å²) in [6.07, 6.45) is 6.02. The van der Waals surface area contributed by atoms with Crippen molar-refractivity contribution in [3.05, 3.63) is 35.4 Å². The van der Waals surface area contributed by atoms with E-state index in [1.54, 1.807) is 7.11 Å². The highest BCUT2D eigenvalue weighted by atomic mass is 16.5. The molecule has 1 heteroatoms. The van der Waals surface area contributed by atoms with Crippen molar-refractivity contribution < 1.29 is 4.74 Å². The number of aryl methyl sites for hydroxylation is 1. The van der Waals surface area contributed by atoms with Crippen molar-refractivity contribution in [1.29, 1.82) is 0 Å². The molecule has 1 aliphatic rings. The summed E-state index contributed by atoms with van der Waals surface area (Å²) < 4.78 is 5.37. The van der Waals surface area contributed by atoms with Crippen LogP contribution in [0.2, 0.25) is 0 Å². The Labute approximate surface area is 85.4 Å². The Balaban J connectivity index is 2.43. The van der Waals surface area contributed by atoms with Gasteiger partial charge in [-0.25, -0.2) is 0 Å². The lowest BCUT2D eigenvalue weighted by molar-refractivity contribution is 0.413. The normalized spacial score (nSPS) is 15.4. The average Bonchev–Trinajstić information content (AvgIpc) is 2.70. The molecule has 0 saturated heterocycles. The second kappa shape index (κ2) is 3.87. The fourth-order valence-electron chi connectivity index (χ4n) is 1.99. The molecule has 0 amide bonds. The zero-order chi connectivity index (χ0) is 9.97. The molecule has 1 aromatic carbocycles. The summed E-state index contributed by atoms with van der Waals surface area (Å²) in [4.78, 5) is 0. The molecular weight excluding hydrogens is 172 g/mol. The smallest absolute Gasteiger partial charge is 0.126 e. The van der Waals surface area contributed by atoms with E-state index in [9.17, 15) is 0 Å². The van der Waals surface area contributed by atoms with Gasteiger partial charge < -0.3 is 4.74 Å². The number of ether oxygens (including phenoxy) is 1. The highest BCUT2D eigenvalue weighted by Crippen LogP contribution is 2.34. The lowest BCUT2D eigenvalue weighted by atomic mass is 10.0. The molecule has 0 spiro atoms. The van der Waals surface area contributed by atoms with Gasteiger partial charge >= 0.3 is 0 Å². The quantitative estimate of drug-likeness (QED) is 0.689. The van der Waals surface area contributed by atoms with Gasteiger partial charge in [0.2, 0.25) is 0 Å². The van der Waals surface area contributed by atoms with E-state index in [2.05, 4.69) is 31.2 Å². The molecule has 1 aromatic rings. The maximum absolute atomic E-state index is 5.37. The predicted octanol–water partition coefficient (Wildman–Crippen LogP) is 3.57. The van der Waals surface area contributed by atoms with Crippen molar-refractivity contribution in [3.63, 3.8) is 0 Å². The third kappa shape index (κ3) is 1.67. The van der Waals surface area contributed by atoms with Gasteiger partial charge in [-0.15, -0.1) is 0 Å². The Morgan fingerprint density at radius 3 is 2.79 bits per heavy atom. The van der Waals surface area contributed by atoms with Gasteiger partial charge in [-0.2, -0.15) is 0 Å². The van der Waals surface area contributed by atoms with Crippen LogP contribution >= 0.6 is 0 Å². The van der Waals surface area contributed by atoms with Gasteiger partial charge in [0.1, 0.15) is 5.75 Å². The van der Waals surface area contributed by atoms with E-state index < -0.39 is 0 Å². The molecule has 1 nitrogen and oxygen atoms in total. The first-order valence-electron chi connectivity index (χ1n) is 5.15. The van der Waals surface area contributed by atoms with E-state index in [4.69, 9.17) is 4.74 Å². The molecular formula is C13H16O. The van der Waals surface area contributed by atoms with E-state index >= 15 is 0 Å². The predicted molar refractivity (Wildman–Crippen MR) is 59.6 cm³/mol. The van der Waals surface area contributed by atoms with Gasteiger partial charge in [0.15, 0.2) is 0 Å².